The third-order valence-corrected chi connectivity index (χ3v) is 10.4. The molecule has 0 saturated heterocycles. The maximum absolute atomic E-state index is 2.46. The van der Waals surface area contributed by atoms with E-state index in [4.69, 9.17) is 0 Å². The van der Waals surface area contributed by atoms with Crippen molar-refractivity contribution in [2.45, 2.75) is 122 Å². The number of fused-ring (bicyclic) bond motifs is 1. The van der Waals surface area contributed by atoms with Crippen molar-refractivity contribution in [3.8, 4) is 10.4 Å². The summed E-state index contributed by atoms with van der Waals surface area (Å²) in [5.74, 6) is 1.79. The maximum atomic E-state index is 2.46. The molecule has 2 heterocycles. The highest BCUT2D eigenvalue weighted by Gasteiger charge is 2.22. The Kier molecular flexibility index (Phi) is 10.6. The lowest BCUT2D eigenvalue weighted by atomic mass is 9.77. The second kappa shape index (κ2) is 13.8. The number of hydrogen-bond acceptors (Lipinski definition) is 2. The summed E-state index contributed by atoms with van der Waals surface area (Å²) in [6, 6.07) is 14.5. The summed E-state index contributed by atoms with van der Waals surface area (Å²) >= 11 is 4.01. The normalized spacial score (nSPS) is 18.6. The Hall–Kier alpha value is -1.12. The third kappa shape index (κ3) is 7.44. The number of unbranched alkanes of at least 4 members (excludes halogenated alkanes) is 8. The van der Waals surface area contributed by atoms with Crippen LogP contribution < -0.4 is 0 Å². The van der Waals surface area contributed by atoms with Crippen molar-refractivity contribution >= 4 is 32.1 Å². The molecule has 0 amide bonds. The van der Waals surface area contributed by atoms with E-state index in [0.717, 1.165) is 11.8 Å². The number of benzene rings is 1. The second-order valence-corrected chi connectivity index (χ2v) is 13.0. The van der Waals surface area contributed by atoms with Crippen LogP contribution in [0.25, 0.3) is 19.8 Å². The molecular formula is C32H46S2. The highest BCUT2D eigenvalue weighted by Crippen LogP contribution is 2.41. The van der Waals surface area contributed by atoms with Crippen LogP contribution in [0.4, 0.5) is 0 Å². The number of rotatable bonds is 14. The van der Waals surface area contributed by atoms with E-state index in [0.29, 0.717) is 0 Å². The van der Waals surface area contributed by atoms with Crippen LogP contribution in [0.1, 0.15) is 127 Å². The molecule has 4 rings (SSSR count). The molecule has 186 valence electrons. The van der Waals surface area contributed by atoms with Crippen LogP contribution in [-0.4, -0.2) is 0 Å². The molecule has 0 nitrogen and oxygen atoms in total. The summed E-state index contributed by atoms with van der Waals surface area (Å²) in [6.45, 7) is 4.60. The Morgan fingerprint density at radius 3 is 2.00 bits per heavy atom. The first-order valence-electron chi connectivity index (χ1n) is 14.4. The summed E-state index contributed by atoms with van der Waals surface area (Å²) in [5, 5.41) is 0. The number of hydrogen-bond donors (Lipinski definition) is 0. The van der Waals surface area contributed by atoms with E-state index in [2.05, 4.69) is 50.2 Å². The fourth-order valence-electron chi connectivity index (χ4n) is 5.79. The molecule has 0 aliphatic heterocycles. The molecule has 2 heteroatoms. The lowest BCUT2D eigenvalue weighted by Crippen LogP contribution is -2.13. The van der Waals surface area contributed by atoms with Crippen molar-refractivity contribution in [1.29, 1.82) is 0 Å². The van der Waals surface area contributed by atoms with Gasteiger partial charge in [0, 0.05) is 19.2 Å². The van der Waals surface area contributed by atoms with Crippen LogP contribution in [0, 0.1) is 5.92 Å². The molecule has 0 atom stereocenters. The van der Waals surface area contributed by atoms with Gasteiger partial charge in [0.05, 0.1) is 0 Å². The molecule has 34 heavy (non-hydrogen) atoms. The molecule has 0 radical (unpaired) electrons. The van der Waals surface area contributed by atoms with Crippen molar-refractivity contribution in [3.05, 3.63) is 46.8 Å². The summed E-state index contributed by atoms with van der Waals surface area (Å²) in [4.78, 5) is 3.02. The average molecular weight is 495 g/mol. The minimum absolute atomic E-state index is 0.789. The lowest BCUT2D eigenvalue weighted by Gasteiger charge is -2.29. The second-order valence-electron chi connectivity index (χ2n) is 10.8. The van der Waals surface area contributed by atoms with Gasteiger partial charge in [-0.2, -0.15) is 0 Å². The predicted molar refractivity (Wildman–Crippen MR) is 156 cm³/mol. The fourth-order valence-corrected chi connectivity index (χ4v) is 8.26. The van der Waals surface area contributed by atoms with E-state index < -0.39 is 0 Å². The standard InChI is InChI=1S/C32H46S2/c1-3-5-7-9-11-13-25-15-17-26(18-16-25)27-19-21-28(22-20-27)30-24-32-31(34-30)23-29(33-32)14-12-10-8-6-4-2/h19-26H,3-18H2,1-2H3. The summed E-state index contributed by atoms with van der Waals surface area (Å²) in [6.07, 6.45) is 22.4. The average Bonchev–Trinajstić information content (AvgIpc) is 3.43. The molecule has 0 spiro atoms. The van der Waals surface area contributed by atoms with Gasteiger partial charge >= 0.3 is 0 Å². The summed E-state index contributed by atoms with van der Waals surface area (Å²) in [7, 11) is 0. The van der Waals surface area contributed by atoms with Gasteiger partial charge in [-0.25, -0.2) is 0 Å². The van der Waals surface area contributed by atoms with E-state index in [1.807, 2.05) is 22.7 Å². The lowest BCUT2D eigenvalue weighted by molar-refractivity contribution is 0.302. The zero-order chi connectivity index (χ0) is 23.6. The van der Waals surface area contributed by atoms with Gasteiger partial charge in [-0.15, -0.1) is 22.7 Å². The fraction of sp³-hybridized carbons (Fsp3) is 0.625. The van der Waals surface area contributed by atoms with Gasteiger partial charge in [0.1, 0.15) is 0 Å². The van der Waals surface area contributed by atoms with Crippen molar-refractivity contribution in [2.24, 2.45) is 5.92 Å². The van der Waals surface area contributed by atoms with Crippen LogP contribution in [0.5, 0.6) is 0 Å². The Labute approximate surface area is 217 Å². The van der Waals surface area contributed by atoms with Crippen molar-refractivity contribution in [1.82, 2.24) is 0 Å². The summed E-state index contributed by atoms with van der Waals surface area (Å²) < 4.78 is 2.97. The molecular weight excluding hydrogens is 448 g/mol. The predicted octanol–water partition coefficient (Wildman–Crippen LogP) is 11.8. The van der Waals surface area contributed by atoms with Gasteiger partial charge in [-0.3, -0.25) is 0 Å². The minimum Gasteiger partial charge on any atom is -0.139 e. The van der Waals surface area contributed by atoms with Gasteiger partial charge in [0.2, 0.25) is 0 Å². The summed E-state index contributed by atoms with van der Waals surface area (Å²) in [5.41, 5.74) is 2.98. The molecule has 1 aromatic carbocycles. The van der Waals surface area contributed by atoms with Crippen LogP contribution in [-0.2, 0) is 6.42 Å². The van der Waals surface area contributed by atoms with E-state index in [9.17, 15) is 0 Å². The molecule has 0 unspecified atom stereocenters. The van der Waals surface area contributed by atoms with Crippen molar-refractivity contribution in [3.63, 3.8) is 0 Å². The Bertz CT molecular complexity index is 921. The molecule has 1 saturated carbocycles. The van der Waals surface area contributed by atoms with Crippen LogP contribution >= 0.6 is 22.7 Å². The third-order valence-electron chi connectivity index (χ3n) is 8.01. The Morgan fingerprint density at radius 2 is 1.32 bits per heavy atom. The highest BCUT2D eigenvalue weighted by atomic mass is 32.1. The van der Waals surface area contributed by atoms with Gasteiger partial charge in [0.25, 0.3) is 0 Å². The monoisotopic (exact) mass is 494 g/mol. The SMILES string of the molecule is CCCCCCCc1cc2sc(-c3ccc(C4CCC(CCCCCCC)CC4)cc3)cc2s1. The topological polar surface area (TPSA) is 0 Å². The van der Waals surface area contributed by atoms with E-state index in [1.54, 1.807) is 10.4 Å². The van der Waals surface area contributed by atoms with Crippen molar-refractivity contribution in [2.75, 3.05) is 0 Å². The molecule has 1 aliphatic rings. The van der Waals surface area contributed by atoms with E-state index in [-0.39, 0.29) is 0 Å². The van der Waals surface area contributed by atoms with Gasteiger partial charge < -0.3 is 0 Å². The molecule has 0 bridgehead atoms. The molecule has 1 aliphatic carbocycles. The quantitative estimate of drug-likeness (QED) is 0.195. The molecule has 1 fully saturated rings. The first-order valence-corrected chi connectivity index (χ1v) is 16.0. The first-order chi connectivity index (χ1) is 16.8. The Morgan fingerprint density at radius 1 is 0.676 bits per heavy atom. The van der Waals surface area contributed by atoms with Gasteiger partial charge in [-0.05, 0) is 73.6 Å². The van der Waals surface area contributed by atoms with Crippen molar-refractivity contribution < 1.29 is 0 Å². The maximum Gasteiger partial charge on any atom is 0.0460 e. The smallest absolute Gasteiger partial charge is 0.0460 e. The van der Waals surface area contributed by atoms with E-state index in [1.165, 1.54) is 123 Å². The van der Waals surface area contributed by atoms with Gasteiger partial charge in [-0.1, -0.05) is 102 Å². The first kappa shape index (κ1) is 26.0. The minimum atomic E-state index is 0.789. The van der Waals surface area contributed by atoms with Gasteiger partial charge in [0.15, 0.2) is 0 Å². The largest absolute Gasteiger partial charge is 0.139 e. The number of aryl methyl sites for hydroxylation is 1. The Balaban J connectivity index is 1.24. The molecule has 2 aromatic heterocycles. The van der Waals surface area contributed by atoms with E-state index >= 15 is 0 Å². The zero-order valence-corrected chi connectivity index (χ0v) is 23.4. The number of thiophene rings is 2. The molecule has 0 N–H and O–H groups in total. The van der Waals surface area contributed by atoms with Crippen LogP contribution in [0.15, 0.2) is 36.4 Å². The zero-order valence-electron chi connectivity index (χ0n) is 21.7. The molecule has 3 aromatic rings. The van der Waals surface area contributed by atoms with Crippen LogP contribution in [0.2, 0.25) is 0 Å². The van der Waals surface area contributed by atoms with Crippen LogP contribution in [0.3, 0.4) is 0 Å². The highest BCUT2D eigenvalue weighted by molar-refractivity contribution is 7.29.